The number of hydrogen-bond donors (Lipinski definition) is 2. The van der Waals surface area contributed by atoms with Crippen LogP contribution in [-0.2, 0) is 9.53 Å². The van der Waals surface area contributed by atoms with Gasteiger partial charge in [-0.25, -0.2) is 0 Å². The quantitative estimate of drug-likeness (QED) is 0.571. The molecule has 7 nitrogen and oxygen atoms in total. The van der Waals surface area contributed by atoms with Gasteiger partial charge in [0.2, 0.25) is 5.91 Å². The maximum absolute atomic E-state index is 11.6. The second-order valence-corrected chi connectivity index (χ2v) is 4.08. The number of anilines is 1. The minimum absolute atomic E-state index is 0.0156. The van der Waals surface area contributed by atoms with E-state index in [9.17, 15) is 14.9 Å². The largest absolute Gasteiger partial charge is 0.383 e. The molecular formula is C12H17N3O4. The highest BCUT2D eigenvalue weighted by atomic mass is 16.6. The van der Waals surface area contributed by atoms with E-state index in [-0.39, 0.29) is 24.2 Å². The predicted octanol–water partition coefficient (Wildman–Crippen LogP) is 1.16. The molecule has 0 heterocycles. The molecule has 0 aliphatic heterocycles. The Kier molecular flexibility index (Phi) is 5.74. The number of hydrogen-bond acceptors (Lipinski definition) is 5. The maximum atomic E-state index is 11.6. The van der Waals surface area contributed by atoms with Gasteiger partial charge in [0.25, 0.3) is 5.69 Å². The molecule has 1 aromatic rings. The average molecular weight is 267 g/mol. The Labute approximate surface area is 111 Å². The van der Waals surface area contributed by atoms with Gasteiger partial charge in [-0.15, -0.1) is 0 Å². The van der Waals surface area contributed by atoms with E-state index >= 15 is 0 Å². The number of nitro groups is 1. The summed E-state index contributed by atoms with van der Waals surface area (Å²) in [6.07, 6.45) is 0. The minimum Gasteiger partial charge on any atom is -0.383 e. The fourth-order valence-corrected chi connectivity index (χ4v) is 1.53. The van der Waals surface area contributed by atoms with E-state index in [1.807, 2.05) is 6.92 Å². The van der Waals surface area contributed by atoms with Crippen molar-refractivity contribution < 1.29 is 14.5 Å². The van der Waals surface area contributed by atoms with Crippen LogP contribution in [0.2, 0.25) is 0 Å². The summed E-state index contributed by atoms with van der Waals surface area (Å²) in [6, 6.07) is 5.92. The van der Waals surface area contributed by atoms with Gasteiger partial charge in [0.15, 0.2) is 0 Å². The first-order valence-corrected chi connectivity index (χ1v) is 5.79. The van der Waals surface area contributed by atoms with E-state index in [1.54, 1.807) is 19.2 Å². The number of non-ortho nitro benzene ring substituents is 1. The summed E-state index contributed by atoms with van der Waals surface area (Å²) in [6.45, 7) is 2.31. The second-order valence-electron chi connectivity index (χ2n) is 4.08. The van der Waals surface area contributed by atoms with Gasteiger partial charge in [0.1, 0.15) is 0 Å². The van der Waals surface area contributed by atoms with Crippen molar-refractivity contribution in [3.63, 3.8) is 0 Å². The van der Waals surface area contributed by atoms with Crippen LogP contribution in [0.1, 0.15) is 6.92 Å². The van der Waals surface area contributed by atoms with E-state index in [4.69, 9.17) is 4.74 Å². The maximum Gasteiger partial charge on any atom is 0.271 e. The first kappa shape index (κ1) is 14.9. The molecule has 1 aromatic carbocycles. The lowest BCUT2D eigenvalue weighted by Crippen LogP contribution is -2.39. The number of ether oxygens (including phenoxy) is 1. The first-order valence-electron chi connectivity index (χ1n) is 5.79. The zero-order chi connectivity index (χ0) is 14.3. The van der Waals surface area contributed by atoms with Gasteiger partial charge in [-0.05, 0) is 13.0 Å². The molecule has 0 fully saturated rings. The molecule has 2 N–H and O–H groups in total. The molecule has 7 heteroatoms. The third-order valence-corrected chi connectivity index (χ3v) is 2.33. The fourth-order valence-electron chi connectivity index (χ4n) is 1.53. The van der Waals surface area contributed by atoms with Crippen LogP contribution in [0.3, 0.4) is 0 Å². The van der Waals surface area contributed by atoms with Crippen LogP contribution >= 0.6 is 0 Å². The molecule has 0 spiro atoms. The average Bonchev–Trinajstić information content (AvgIpc) is 2.37. The summed E-state index contributed by atoms with van der Waals surface area (Å²) < 4.78 is 4.90. The van der Waals surface area contributed by atoms with Gasteiger partial charge >= 0.3 is 0 Å². The topological polar surface area (TPSA) is 93.5 Å². The molecule has 0 aliphatic carbocycles. The lowest BCUT2D eigenvalue weighted by atomic mass is 10.3. The standard InChI is InChI=1S/C12H17N3O4/c1-9(8-19-2)14-12(16)7-13-10-4-3-5-11(6-10)15(17)18/h3-6,9,13H,7-8H2,1-2H3,(H,14,16). The van der Waals surface area contributed by atoms with Crippen molar-refractivity contribution in [3.05, 3.63) is 34.4 Å². The van der Waals surface area contributed by atoms with E-state index in [0.29, 0.717) is 12.3 Å². The number of methoxy groups -OCH3 is 1. The van der Waals surface area contributed by atoms with Crippen molar-refractivity contribution in [1.29, 1.82) is 0 Å². The lowest BCUT2D eigenvalue weighted by molar-refractivity contribution is -0.384. The number of carbonyl (C=O) groups is 1. The number of nitrogens with zero attached hydrogens (tertiary/aromatic N) is 1. The zero-order valence-electron chi connectivity index (χ0n) is 10.9. The van der Waals surface area contributed by atoms with Crippen molar-refractivity contribution in [3.8, 4) is 0 Å². The van der Waals surface area contributed by atoms with E-state index in [0.717, 1.165) is 0 Å². The summed E-state index contributed by atoms with van der Waals surface area (Å²) in [4.78, 5) is 21.7. The number of nitrogens with one attached hydrogen (secondary N) is 2. The SMILES string of the molecule is COCC(C)NC(=O)CNc1cccc([N+](=O)[O-])c1. The van der Waals surface area contributed by atoms with Gasteiger partial charge in [-0.3, -0.25) is 14.9 Å². The van der Waals surface area contributed by atoms with Crippen LogP contribution in [0.15, 0.2) is 24.3 Å². The number of amides is 1. The molecule has 1 atom stereocenters. The highest BCUT2D eigenvalue weighted by Gasteiger charge is 2.08. The van der Waals surface area contributed by atoms with Crippen molar-refractivity contribution >= 4 is 17.3 Å². The van der Waals surface area contributed by atoms with Gasteiger partial charge in [-0.1, -0.05) is 6.07 Å². The van der Waals surface area contributed by atoms with Crippen molar-refractivity contribution in [2.45, 2.75) is 13.0 Å². The number of carbonyl (C=O) groups excluding carboxylic acids is 1. The van der Waals surface area contributed by atoms with Crippen LogP contribution in [0.5, 0.6) is 0 Å². The lowest BCUT2D eigenvalue weighted by Gasteiger charge is -2.13. The predicted molar refractivity (Wildman–Crippen MR) is 71.1 cm³/mol. The third kappa shape index (κ3) is 5.35. The fraction of sp³-hybridized carbons (Fsp3) is 0.417. The van der Waals surface area contributed by atoms with Crippen LogP contribution in [0.25, 0.3) is 0 Å². The monoisotopic (exact) mass is 267 g/mol. The van der Waals surface area contributed by atoms with Gasteiger partial charge in [-0.2, -0.15) is 0 Å². The number of rotatable bonds is 7. The van der Waals surface area contributed by atoms with Crippen molar-refractivity contribution in [1.82, 2.24) is 5.32 Å². The van der Waals surface area contributed by atoms with Gasteiger partial charge in [0, 0.05) is 31.0 Å². The Morgan fingerprint density at radius 3 is 2.89 bits per heavy atom. The molecule has 19 heavy (non-hydrogen) atoms. The third-order valence-electron chi connectivity index (χ3n) is 2.33. The Balaban J connectivity index is 2.46. The summed E-state index contributed by atoms with van der Waals surface area (Å²) in [7, 11) is 1.56. The highest BCUT2D eigenvalue weighted by Crippen LogP contribution is 2.16. The summed E-state index contributed by atoms with van der Waals surface area (Å²) in [5, 5.41) is 16.2. The molecule has 1 amide bonds. The van der Waals surface area contributed by atoms with Crippen LogP contribution in [0.4, 0.5) is 11.4 Å². The second kappa shape index (κ2) is 7.32. The Morgan fingerprint density at radius 2 is 2.26 bits per heavy atom. The van der Waals surface area contributed by atoms with Crippen molar-refractivity contribution in [2.75, 3.05) is 25.6 Å². The summed E-state index contributed by atoms with van der Waals surface area (Å²) in [5.41, 5.74) is 0.516. The Morgan fingerprint density at radius 1 is 1.53 bits per heavy atom. The molecular weight excluding hydrogens is 250 g/mol. The summed E-state index contributed by atoms with van der Waals surface area (Å²) >= 11 is 0. The smallest absolute Gasteiger partial charge is 0.271 e. The molecule has 0 aromatic heterocycles. The first-order chi connectivity index (χ1) is 9.02. The van der Waals surface area contributed by atoms with E-state index < -0.39 is 4.92 Å². The zero-order valence-corrected chi connectivity index (χ0v) is 10.9. The molecule has 0 aliphatic rings. The van der Waals surface area contributed by atoms with Gasteiger partial charge < -0.3 is 15.4 Å². The molecule has 0 saturated heterocycles. The summed E-state index contributed by atoms with van der Waals surface area (Å²) in [5.74, 6) is -0.198. The Hall–Kier alpha value is -2.15. The van der Waals surface area contributed by atoms with Gasteiger partial charge in [0.05, 0.1) is 18.1 Å². The van der Waals surface area contributed by atoms with E-state index in [1.165, 1.54) is 12.1 Å². The Bertz CT molecular complexity index is 450. The minimum atomic E-state index is -0.480. The molecule has 1 rings (SSSR count). The van der Waals surface area contributed by atoms with Crippen LogP contribution in [0, 0.1) is 10.1 Å². The van der Waals surface area contributed by atoms with Crippen LogP contribution < -0.4 is 10.6 Å². The molecule has 104 valence electrons. The molecule has 0 saturated carbocycles. The number of benzene rings is 1. The molecule has 0 radical (unpaired) electrons. The van der Waals surface area contributed by atoms with E-state index in [2.05, 4.69) is 10.6 Å². The van der Waals surface area contributed by atoms with Crippen molar-refractivity contribution in [2.24, 2.45) is 0 Å². The number of nitro benzene ring substituents is 1. The molecule has 0 bridgehead atoms. The normalized spacial score (nSPS) is 11.7. The highest BCUT2D eigenvalue weighted by molar-refractivity contribution is 5.81. The van der Waals surface area contributed by atoms with Crippen LogP contribution in [-0.4, -0.2) is 37.1 Å². The molecule has 1 unspecified atom stereocenters.